The molecule has 5 heteroatoms. The summed E-state index contributed by atoms with van der Waals surface area (Å²) in [6.45, 7) is 0.485. The molecule has 0 radical (unpaired) electrons. The third-order valence-corrected chi connectivity index (χ3v) is 3.55. The fourth-order valence-corrected chi connectivity index (χ4v) is 2.07. The molecule has 0 heterocycles. The van der Waals surface area contributed by atoms with Crippen LogP contribution in [0.15, 0.2) is 53.0 Å². The molecule has 1 amide bonds. The van der Waals surface area contributed by atoms with Gasteiger partial charge in [-0.05, 0) is 36.4 Å². The lowest BCUT2D eigenvalue weighted by Crippen LogP contribution is -2.23. The molecule has 0 aliphatic carbocycles. The van der Waals surface area contributed by atoms with E-state index in [2.05, 4.69) is 33.1 Å². The monoisotopic (exact) mass is 377 g/mol. The van der Waals surface area contributed by atoms with Crippen LogP contribution < -0.4 is 10.1 Å². The van der Waals surface area contributed by atoms with Crippen molar-refractivity contribution in [2.45, 2.75) is 0 Å². The molecular formula is C17H13BrClNO2. The normalized spacial score (nSPS) is 9.55. The average molecular weight is 379 g/mol. The molecule has 0 bridgehead atoms. The quantitative estimate of drug-likeness (QED) is 0.819. The molecule has 0 saturated heterocycles. The zero-order valence-electron chi connectivity index (χ0n) is 11.6. The number of nitrogens with one attached hydrogen (secondary N) is 1. The molecule has 2 aromatic carbocycles. The van der Waals surface area contributed by atoms with Gasteiger partial charge in [-0.2, -0.15) is 0 Å². The summed E-state index contributed by atoms with van der Waals surface area (Å²) in [6, 6.07) is 14.3. The first-order chi connectivity index (χ1) is 10.7. The highest BCUT2D eigenvalue weighted by Crippen LogP contribution is 2.22. The molecule has 0 aliphatic rings. The van der Waals surface area contributed by atoms with Crippen LogP contribution >= 0.6 is 27.5 Å². The lowest BCUT2D eigenvalue weighted by atomic mass is 10.2. The fraction of sp³-hybridized carbons (Fsp3) is 0.118. The molecule has 112 valence electrons. The van der Waals surface area contributed by atoms with Gasteiger partial charge in [0.15, 0.2) is 0 Å². The summed E-state index contributed by atoms with van der Waals surface area (Å²) in [6.07, 6.45) is 0. The minimum absolute atomic E-state index is 0.158. The van der Waals surface area contributed by atoms with Crippen molar-refractivity contribution in [1.82, 2.24) is 5.32 Å². The van der Waals surface area contributed by atoms with E-state index < -0.39 is 0 Å². The summed E-state index contributed by atoms with van der Waals surface area (Å²) in [5.41, 5.74) is 0.595. The van der Waals surface area contributed by atoms with Crippen LogP contribution in [0, 0.1) is 11.8 Å². The number of halogens is 2. The molecule has 0 aliphatic heterocycles. The number of carbonyl (C=O) groups is 1. The number of hydrogen-bond acceptors (Lipinski definition) is 2. The van der Waals surface area contributed by atoms with Gasteiger partial charge in [0.2, 0.25) is 0 Å². The van der Waals surface area contributed by atoms with Crippen molar-refractivity contribution in [2.75, 3.05) is 13.2 Å². The van der Waals surface area contributed by atoms with Crippen LogP contribution in [0.1, 0.15) is 10.4 Å². The summed E-state index contributed by atoms with van der Waals surface area (Å²) in [5.74, 6) is 6.09. The second kappa shape index (κ2) is 8.47. The van der Waals surface area contributed by atoms with Gasteiger partial charge in [-0.3, -0.25) is 4.79 Å². The second-order valence-corrected chi connectivity index (χ2v) is 5.59. The van der Waals surface area contributed by atoms with E-state index in [-0.39, 0.29) is 19.1 Å². The third-order valence-electron chi connectivity index (χ3n) is 2.71. The number of ether oxygens (including phenoxy) is 1. The maximum atomic E-state index is 11.8. The lowest BCUT2D eigenvalue weighted by Gasteiger charge is -2.03. The molecule has 0 spiro atoms. The van der Waals surface area contributed by atoms with Gasteiger partial charge in [0.25, 0.3) is 5.91 Å². The van der Waals surface area contributed by atoms with E-state index in [1.807, 2.05) is 24.3 Å². The zero-order chi connectivity index (χ0) is 15.8. The third kappa shape index (κ3) is 5.10. The first kappa shape index (κ1) is 16.4. The molecule has 3 nitrogen and oxygen atoms in total. The Kier molecular flexibility index (Phi) is 6.32. The van der Waals surface area contributed by atoms with Crippen LogP contribution in [0.25, 0.3) is 0 Å². The predicted molar refractivity (Wildman–Crippen MR) is 91.2 cm³/mol. The molecule has 0 saturated carbocycles. The Bertz CT molecular complexity index is 705. The zero-order valence-corrected chi connectivity index (χ0v) is 13.9. The van der Waals surface area contributed by atoms with E-state index in [1.54, 1.807) is 24.3 Å². The Balaban J connectivity index is 1.74. The summed E-state index contributed by atoms with van der Waals surface area (Å²) >= 11 is 9.27. The van der Waals surface area contributed by atoms with Crippen LogP contribution in [0.3, 0.4) is 0 Å². The summed E-state index contributed by atoms with van der Waals surface area (Å²) in [5, 5.41) is 3.27. The Morgan fingerprint density at radius 3 is 2.59 bits per heavy atom. The first-order valence-electron chi connectivity index (χ1n) is 6.53. The van der Waals surface area contributed by atoms with Crippen LogP contribution in [-0.4, -0.2) is 19.1 Å². The van der Waals surface area contributed by atoms with Crippen LogP contribution in [0.5, 0.6) is 5.75 Å². The maximum Gasteiger partial charge on any atom is 0.252 e. The average Bonchev–Trinajstić information content (AvgIpc) is 2.53. The van der Waals surface area contributed by atoms with Crippen molar-refractivity contribution in [3.63, 3.8) is 0 Å². The van der Waals surface area contributed by atoms with Gasteiger partial charge >= 0.3 is 0 Å². The largest absolute Gasteiger partial charge is 0.479 e. The second-order valence-electron chi connectivity index (χ2n) is 4.26. The highest BCUT2D eigenvalue weighted by atomic mass is 79.9. The van der Waals surface area contributed by atoms with Crippen LogP contribution in [0.2, 0.25) is 5.02 Å². The molecule has 1 N–H and O–H groups in total. The van der Waals surface area contributed by atoms with Crippen molar-refractivity contribution < 1.29 is 9.53 Å². The van der Waals surface area contributed by atoms with E-state index in [1.165, 1.54) is 0 Å². The van der Waals surface area contributed by atoms with Crippen LogP contribution in [-0.2, 0) is 0 Å². The number of rotatable bonds is 4. The SMILES string of the molecule is O=C(NCC#CCOc1ccccc1Cl)c1ccc(Br)cc1. The Morgan fingerprint density at radius 2 is 1.86 bits per heavy atom. The van der Waals surface area contributed by atoms with Gasteiger partial charge in [0.05, 0.1) is 11.6 Å². The number of carbonyl (C=O) groups excluding carboxylic acids is 1. The van der Waals surface area contributed by atoms with Crippen molar-refractivity contribution in [2.24, 2.45) is 0 Å². The van der Waals surface area contributed by atoms with E-state index in [0.29, 0.717) is 16.3 Å². The standard InChI is InChI=1S/C17H13BrClNO2/c18-14-9-7-13(8-10-14)17(21)20-11-3-4-12-22-16-6-2-1-5-15(16)19/h1-2,5-10H,11-12H2,(H,20,21). The van der Waals surface area contributed by atoms with Crippen molar-refractivity contribution >= 4 is 33.4 Å². The minimum atomic E-state index is -0.158. The first-order valence-corrected chi connectivity index (χ1v) is 7.71. The van der Waals surface area contributed by atoms with Crippen molar-refractivity contribution in [3.8, 4) is 17.6 Å². The van der Waals surface area contributed by atoms with E-state index in [4.69, 9.17) is 16.3 Å². The smallest absolute Gasteiger partial charge is 0.252 e. The molecular weight excluding hydrogens is 366 g/mol. The summed E-state index contributed by atoms with van der Waals surface area (Å²) < 4.78 is 6.35. The Hall–Kier alpha value is -1.96. The summed E-state index contributed by atoms with van der Waals surface area (Å²) in [7, 11) is 0. The minimum Gasteiger partial charge on any atom is -0.479 e. The Morgan fingerprint density at radius 1 is 1.14 bits per heavy atom. The molecule has 22 heavy (non-hydrogen) atoms. The number of amides is 1. The van der Waals surface area contributed by atoms with Gasteiger partial charge in [0, 0.05) is 10.0 Å². The van der Waals surface area contributed by atoms with Crippen molar-refractivity contribution in [1.29, 1.82) is 0 Å². The molecule has 0 aromatic heterocycles. The highest BCUT2D eigenvalue weighted by Gasteiger charge is 2.02. The number of benzene rings is 2. The van der Waals surface area contributed by atoms with Gasteiger partial charge in [-0.1, -0.05) is 51.5 Å². The van der Waals surface area contributed by atoms with Gasteiger partial charge < -0.3 is 10.1 Å². The maximum absolute atomic E-state index is 11.8. The molecule has 2 rings (SSSR count). The molecule has 0 atom stereocenters. The van der Waals surface area contributed by atoms with E-state index in [9.17, 15) is 4.79 Å². The van der Waals surface area contributed by atoms with Gasteiger partial charge in [0.1, 0.15) is 12.4 Å². The predicted octanol–water partition coefficient (Wildman–Crippen LogP) is 3.91. The van der Waals surface area contributed by atoms with E-state index >= 15 is 0 Å². The van der Waals surface area contributed by atoms with Gasteiger partial charge in [-0.25, -0.2) is 0 Å². The van der Waals surface area contributed by atoms with Crippen LogP contribution in [0.4, 0.5) is 0 Å². The topological polar surface area (TPSA) is 38.3 Å². The van der Waals surface area contributed by atoms with Crippen molar-refractivity contribution in [3.05, 3.63) is 63.6 Å². The highest BCUT2D eigenvalue weighted by molar-refractivity contribution is 9.10. The molecule has 2 aromatic rings. The molecule has 0 fully saturated rings. The van der Waals surface area contributed by atoms with Gasteiger partial charge in [-0.15, -0.1) is 0 Å². The Labute approximate surface area is 142 Å². The van der Waals surface area contributed by atoms with E-state index in [0.717, 1.165) is 4.47 Å². The molecule has 0 unspecified atom stereocenters. The summed E-state index contributed by atoms with van der Waals surface area (Å²) in [4.78, 5) is 11.8. The number of hydrogen-bond donors (Lipinski definition) is 1. The lowest BCUT2D eigenvalue weighted by molar-refractivity contribution is 0.0958. The fourth-order valence-electron chi connectivity index (χ4n) is 1.62. The number of para-hydroxylation sites is 1.